The zero-order valence-corrected chi connectivity index (χ0v) is 14.9. The number of Topliss-reactive ketones (excluding diaryl/α,β-unsaturated/α-hetero) is 1. The lowest BCUT2D eigenvalue weighted by Crippen LogP contribution is -2.43. The van der Waals surface area contributed by atoms with Gasteiger partial charge in [-0.1, -0.05) is 48.5 Å². The standard InChI is InChI=1S/C21H22N2O3/c1-3-23(21(25)26-14-16-9-5-4-6-10-16)15(2)20(24)18-13-22-19-12-8-7-11-17(18)19/h4-13,15,22H,3,14H2,1-2H3. The SMILES string of the molecule is CCN(C(=O)OCc1ccccc1)C(C)C(=O)c1c[nH]c2ccccc12. The monoisotopic (exact) mass is 350 g/mol. The maximum atomic E-state index is 12.9. The smallest absolute Gasteiger partial charge is 0.410 e. The average Bonchev–Trinajstić information content (AvgIpc) is 3.11. The minimum Gasteiger partial charge on any atom is -0.445 e. The van der Waals surface area contributed by atoms with Gasteiger partial charge in [0.2, 0.25) is 0 Å². The second-order valence-corrected chi connectivity index (χ2v) is 6.11. The van der Waals surface area contributed by atoms with E-state index < -0.39 is 12.1 Å². The van der Waals surface area contributed by atoms with Gasteiger partial charge < -0.3 is 9.72 Å². The number of aromatic nitrogens is 1. The van der Waals surface area contributed by atoms with Crippen molar-refractivity contribution in [2.45, 2.75) is 26.5 Å². The van der Waals surface area contributed by atoms with Crippen LogP contribution < -0.4 is 0 Å². The molecule has 0 bridgehead atoms. The number of hydrogen-bond acceptors (Lipinski definition) is 3. The van der Waals surface area contributed by atoms with Crippen LogP contribution in [0.3, 0.4) is 0 Å². The van der Waals surface area contributed by atoms with Crippen molar-refractivity contribution in [1.82, 2.24) is 9.88 Å². The van der Waals surface area contributed by atoms with Crippen LogP contribution in [0, 0.1) is 0 Å². The summed E-state index contributed by atoms with van der Waals surface area (Å²) in [6, 6.07) is 16.5. The molecule has 1 heterocycles. The predicted octanol–water partition coefficient (Wildman–Crippen LogP) is 4.40. The summed E-state index contributed by atoms with van der Waals surface area (Å²) < 4.78 is 5.38. The number of nitrogens with zero attached hydrogens (tertiary/aromatic N) is 1. The van der Waals surface area contributed by atoms with Gasteiger partial charge in [0.15, 0.2) is 5.78 Å². The lowest BCUT2D eigenvalue weighted by Gasteiger charge is -2.26. The largest absolute Gasteiger partial charge is 0.445 e. The normalized spacial score (nSPS) is 11.9. The van der Waals surface area contributed by atoms with Gasteiger partial charge >= 0.3 is 6.09 Å². The fourth-order valence-electron chi connectivity index (χ4n) is 3.01. The summed E-state index contributed by atoms with van der Waals surface area (Å²) in [6.07, 6.45) is 1.21. The first kappa shape index (κ1) is 17.7. The van der Waals surface area contributed by atoms with E-state index in [0.717, 1.165) is 16.5 Å². The third kappa shape index (κ3) is 3.61. The summed E-state index contributed by atoms with van der Waals surface area (Å²) in [5.41, 5.74) is 2.40. The Balaban J connectivity index is 1.72. The molecule has 26 heavy (non-hydrogen) atoms. The van der Waals surface area contributed by atoms with E-state index in [4.69, 9.17) is 4.74 Å². The maximum absolute atomic E-state index is 12.9. The minimum atomic E-state index is -0.609. The van der Waals surface area contributed by atoms with Crippen LogP contribution in [0.2, 0.25) is 0 Å². The molecule has 1 atom stereocenters. The number of carbonyl (C=O) groups is 2. The number of rotatable bonds is 6. The van der Waals surface area contributed by atoms with Gasteiger partial charge in [0.25, 0.3) is 0 Å². The van der Waals surface area contributed by atoms with E-state index in [1.807, 2.05) is 61.5 Å². The van der Waals surface area contributed by atoms with E-state index in [9.17, 15) is 9.59 Å². The van der Waals surface area contributed by atoms with Gasteiger partial charge in [0.05, 0.1) is 6.04 Å². The van der Waals surface area contributed by atoms with Crippen LogP contribution in [-0.4, -0.2) is 34.3 Å². The van der Waals surface area contributed by atoms with Gasteiger partial charge in [0, 0.05) is 29.2 Å². The molecule has 1 aromatic heterocycles. The van der Waals surface area contributed by atoms with Crippen molar-refractivity contribution in [3.63, 3.8) is 0 Å². The number of hydrogen-bond donors (Lipinski definition) is 1. The molecular formula is C21H22N2O3. The Morgan fingerprint density at radius 2 is 1.77 bits per heavy atom. The maximum Gasteiger partial charge on any atom is 0.410 e. The number of fused-ring (bicyclic) bond motifs is 1. The summed E-state index contributed by atoms with van der Waals surface area (Å²) in [7, 11) is 0. The fraction of sp³-hybridized carbons (Fsp3) is 0.238. The lowest BCUT2D eigenvalue weighted by molar-refractivity contribution is 0.0692. The van der Waals surface area contributed by atoms with Crippen LogP contribution in [0.15, 0.2) is 60.8 Å². The van der Waals surface area contributed by atoms with Gasteiger partial charge in [-0.2, -0.15) is 0 Å². The number of para-hydroxylation sites is 1. The van der Waals surface area contributed by atoms with Crippen molar-refractivity contribution in [3.8, 4) is 0 Å². The first-order chi connectivity index (χ1) is 12.6. The van der Waals surface area contributed by atoms with E-state index >= 15 is 0 Å². The van der Waals surface area contributed by atoms with Crippen LogP contribution >= 0.6 is 0 Å². The highest BCUT2D eigenvalue weighted by Gasteiger charge is 2.28. The van der Waals surface area contributed by atoms with Crippen molar-refractivity contribution in [2.75, 3.05) is 6.54 Å². The number of ether oxygens (including phenoxy) is 1. The number of benzene rings is 2. The molecule has 0 aliphatic carbocycles. The van der Waals surface area contributed by atoms with Gasteiger partial charge in [-0.15, -0.1) is 0 Å². The van der Waals surface area contributed by atoms with Crippen LogP contribution in [-0.2, 0) is 11.3 Å². The van der Waals surface area contributed by atoms with Crippen molar-refractivity contribution < 1.29 is 14.3 Å². The molecule has 0 fully saturated rings. The molecule has 0 aliphatic heterocycles. The molecule has 3 aromatic rings. The van der Waals surface area contributed by atoms with Gasteiger partial charge in [0.1, 0.15) is 6.61 Å². The van der Waals surface area contributed by atoms with E-state index in [1.165, 1.54) is 4.90 Å². The molecule has 1 amide bonds. The topological polar surface area (TPSA) is 62.4 Å². The Morgan fingerprint density at radius 3 is 2.50 bits per heavy atom. The number of aromatic amines is 1. The van der Waals surface area contributed by atoms with E-state index in [0.29, 0.717) is 12.1 Å². The van der Waals surface area contributed by atoms with Crippen molar-refractivity contribution >= 4 is 22.8 Å². The van der Waals surface area contributed by atoms with Gasteiger partial charge in [-0.3, -0.25) is 9.69 Å². The summed E-state index contributed by atoms with van der Waals surface area (Å²) in [4.78, 5) is 30.0. The molecule has 5 heteroatoms. The Kier molecular flexibility index (Phi) is 5.37. The van der Waals surface area contributed by atoms with Crippen LogP contribution in [0.1, 0.15) is 29.8 Å². The molecule has 0 saturated carbocycles. The first-order valence-electron chi connectivity index (χ1n) is 8.69. The molecule has 0 spiro atoms. The Hall–Kier alpha value is -3.08. The highest BCUT2D eigenvalue weighted by atomic mass is 16.6. The summed E-state index contributed by atoms with van der Waals surface area (Å²) in [6.45, 7) is 4.15. The third-order valence-corrected chi connectivity index (χ3v) is 4.48. The number of ketones is 1. The molecule has 0 saturated heterocycles. The molecule has 1 unspecified atom stereocenters. The molecule has 0 radical (unpaired) electrons. The fourth-order valence-corrected chi connectivity index (χ4v) is 3.01. The summed E-state index contributed by atoms with van der Waals surface area (Å²) >= 11 is 0. The van der Waals surface area contributed by atoms with Crippen molar-refractivity contribution in [3.05, 3.63) is 71.9 Å². The zero-order valence-electron chi connectivity index (χ0n) is 14.9. The molecule has 2 aromatic carbocycles. The third-order valence-electron chi connectivity index (χ3n) is 4.48. The summed E-state index contributed by atoms with van der Waals surface area (Å²) in [5.74, 6) is -0.110. The second kappa shape index (κ2) is 7.87. The van der Waals surface area contributed by atoms with Gasteiger partial charge in [-0.25, -0.2) is 4.79 Å². The summed E-state index contributed by atoms with van der Waals surface area (Å²) in [5, 5.41) is 0.859. The predicted molar refractivity (Wildman–Crippen MR) is 101 cm³/mol. The second-order valence-electron chi connectivity index (χ2n) is 6.11. The molecular weight excluding hydrogens is 328 g/mol. The van der Waals surface area contributed by atoms with Crippen molar-refractivity contribution in [2.24, 2.45) is 0 Å². The number of H-pyrrole nitrogens is 1. The number of nitrogens with one attached hydrogen (secondary N) is 1. The average molecular weight is 350 g/mol. The van der Waals surface area contributed by atoms with Crippen LogP contribution in [0.4, 0.5) is 4.79 Å². The quantitative estimate of drug-likeness (QED) is 0.670. The van der Waals surface area contributed by atoms with Crippen molar-refractivity contribution in [1.29, 1.82) is 0 Å². The first-order valence-corrected chi connectivity index (χ1v) is 8.69. The lowest BCUT2D eigenvalue weighted by atomic mass is 10.0. The van der Waals surface area contributed by atoms with E-state index in [2.05, 4.69) is 4.98 Å². The molecule has 3 rings (SSSR count). The molecule has 0 aliphatic rings. The van der Waals surface area contributed by atoms with Crippen LogP contribution in [0.25, 0.3) is 10.9 Å². The molecule has 5 nitrogen and oxygen atoms in total. The highest BCUT2D eigenvalue weighted by Crippen LogP contribution is 2.21. The highest BCUT2D eigenvalue weighted by molar-refractivity contribution is 6.10. The van der Waals surface area contributed by atoms with E-state index in [-0.39, 0.29) is 12.4 Å². The zero-order chi connectivity index (χ0) is 18.5. The Morgan fingerprint density at radius 1 is 1.08 bits per heavy atom. The molecule has 1 N–H and O–H groups in total. The Labute approximate surface area is 152 Å². The Bertz CT molecular complexity index is 902. The molecule has 134 valence electrons. The van der Waals surface area contributed by atoms with Crippen LogP contribution in [0.5, 0.6) is 0 Å². The minimum absolute atomic E-state index is 0.110. The number of carbonyl (C=O) groups excluding carboxylic acids is 2. The number of amides is 1. The van der Waals surface area contributed by atoms with Gasteiger partial charge in [-0.05, 0) is 25.5 Å². The van der Waals surface area contributed by atoms with E-state index in [1.54, 1.807) is 13.1 Å². The number of likely N-dealkylation sites (N-methyl/N-ethyl adjacent to an activating group) is 1.